The molecule has 1 aliphatic rings. The average Bonchev–Trinajstić information content (AvgIpc) is 2.54. The van der Waals surface area contributed by atoms with Gasteiger partial charge < -0.3 is 10.4 Å². The Morgan fingerprint density at radius 3 is 2.82 bits per heavy atom. The quantitative estimate of drug-likeness (QED) is 0.894. The molecule has 22 heavy (non-hydrogen) atoms. The summed E-state index contributed by atoms with van der Waals surface area (Å²) < 4.78 is 0. The van der Waals surface area contributed by atoms with Crippen molar-refractivity contribution in [3.63, 3.8) is 0 Å². The van der Waals surface area contributed by atoms with Gasteiger partial charge in [0.2, 0.25) is 0 Å². The molecular formula is C18H20N2O2. The molecule has 1 unspecified atom stereocenters. The predicted octanol–water partition coefficient (Wildman–Crippen LogP) is 3.15. The maximum Gasteiger partial charge on any atom is 0.322 e. The molecule has 3 rings (SSSR count). The average molecular weight is 296 g/mol. The molecule has 4 nitrogen and oxygen atoms in total. The summed E-state index contributed by atoms with van der Waals surface area (Å²) in [5.41, 5.74) is 3.79. The van der Waals surface area contributed by atoms with Crippen LogP contribution in [0.2, 0.25) is 0 Å². The van der Waals surface area contributed by atoms with Crippen LogP contribution in [-0.4, -0.2) is 17.7 Å². The van der Waals surface area contributed by atoms with Crippen molar-refractivity contribution in [1.29, 1.82) is 0 Å². The Kier molecular flexibility index (Phi) is 4.11. The Morgan fingerprint density at radius 1 is 1.27 bits per heavy atom. The molecule has 2 amide bonds. The van der Waals surface area contributed by atoms with Crippen molar-refractivity contribution >= 4 is 11.7 Å². The minimum atomic E-state index is -0.493. The van der Waals surface area contributed by atoms with Crippen LogP contribution in [0, 0.1) is 6.92 Å². The molecule has 0 aliphatic carbocycles. The molecular weight excluding hydrogens is 276 g/mol. The van der Waals surface area contributed by atoms with E-state index in [2.05, 4.69) is 5.32 Å². The molecule has 2 aromatic carbocycles. The summed E-state index contributed by atoms with van der Waals surface area (Å²) in [4.78, 5) is 14.2. The number of amides is 2. The third kappa shape index (κ3) is 2.97. The van der Waals surface area contributed by atoms with Gasteiger partial charge in [-0.25, -0.2) is 4.79 Å². The van der Waals surface area contributed by atoms with Gasteiger partial charge in [0.25, 0.3) is 0 Å². The molecule has 2 aromatic rings. The van der Waals surface area contributed by atoms with Gasteiger partial charge in [0.1, 0.15) is 0 Å². The number of fused-ring (bicyclic) bond motifs is 1. The van der Waals surface area contributed by atoms with Crippen molar-refractivity contribution in [3.05, 3.63) is 65.2 Å². The Balaban J connectivity index is 1.75. The van der Waals surface area contributed by atoms with Crippen LogP contribution in [0.1, 0.15) is 29.2 Å². The molecule has 2 N–H and O–H groups in total. The molecule has 0 fully saturated rings. The number of carbonyl (C=O) groups excluding carboxylic acids is 1. The SMILES string of the molecule is Cc1ccc2c(c1)C(O)CCN2C(=O)NCc1ccccc1. The van der Waals surface area contributed by atoms with E-state index in [1.54, 1.807) is 4.90 Å². The van der Waals surface area contributed by atoms with E-state index in [1.165, 1.54) is 0 Å². The molecule has 1 heterocycles. The van der Waals surface area contributed by atoms with Crippen LogP contribution in [0.15, 0.2) is 48.5 Å². The predicted molar refractivity (Wildman–Crippen MR) is 86.8 cm³/mol. The van der Waals surface area contributed by atoms with E-state index in [9.17, 15) is 9.90 Å². The minimum Gasteiger partial charge on any atom is -0.388 e. The molecule has 1 atom stereocenters. The molecule has 1 aliphatic heterocycles. The lowest BCUT2D eigenvalue weighted by atomic mass is 9.97. The van der Waals surface area contributed by atoms with Gasteiger partial charge in [-0.05, 0) is 25.0 Å². The van der Waals surface area contributed by atoms with Crippen LogP contribution >= 0.6 is 0 Å². The summed E-state index contributed by atoms with van der Waals surface area (Å²) in [6.45, 7) is 3.01. The second kappa shape index (κ2) is 6.20. The van der Waals surface area contributed by atoms with E-state index in [1.807, 2.05) is 55.5 Å². The number of aliphatic hydroxyl groups excluding tert-OH is 1. The molecule has 0 bridgehead atoms. The van der Waals surface area contributed by atoms with Gasteiger partial charge >= 0.3 is 6.03 Å². The molecule has 0 radical (unpaired) electrons. The van der Waals surface area contributed by atoms with Crippen LogP contribution in [0.5, 0.6) is 0 Å². The highest BCUT2D eigenvalue weighted by atomic mass is 16.3. The summed E-state index contributed by atoms with van der Waals surface area (Å²) in [5, 5.41) is 13.1. The molecule has 114 valence electrons. The Morgan fingerprint density at radius 2 is 2.05 bits per heavy atom. The molecule has 4 heteroatoms. The standard InChI is InChI=1S/C18H20N2O2/c1-13-7-8-16-15(11-13)17(21)9-10-20(16)18(22)19-12-14-5-3-2-4-6-14/h2-8,11,17,21H,9-10,12H2,1H3,(H,19,22). The fourth-order valence-electron chi connectivity index (χ4n) is 2.79. The molecule has 0 saturated heterocycles. The number of nitrogens with one attached hydrogen (secondary N) is 1. The van der Waals surface area contributed by atoms with Crippen molar-refractivity contribution in [2.24, 2.45) is 0 Å². The summed E-state index contributed by atoms with van der Waals surface area (Å²) in [6.07, 6.45) is 0.0722. The van der Waals surface area contributed by atoms with E-state index in [0.717, 1.165) is 22.4 Å². The first-order chi connectivity index (χ1) is 10.6. The van der Waals surface area contributed by atoms with E-state index in [4.69, 9.17) is 0 Å². The first-order valence-corrected chi connectivity index (χ1v) is 7.53. The van der Waals surface area contributed by atoms with E-state index >= 15 is 0 Å². The number of hydrogen-bond donors (Lipinski definition) is 2. The number of nitrogens with zero attached hydrogens (tertiary/aromatic N) is 1. The van der Waals surface area contributed by atoms with Crippen molar-refractivity contribution in [2.45, 2.75) is 26.0 Å². The Bertz CT molecular complexity index is 670. The van der Waals surface area contributed by atoms with Gasteiger partial charge in [-0.15, -0.1) is 0 Å². The maximum atomic E-state index is 12.5. The van der Waals surface area contributed by atoms with Crippen molar-refractivity contribution in [2.75, 3.05) is 11.4 Å². The number of aryl methyl sites for hydroxylation is 1. The number of aliphatic hydroxyl groups is 1. The first-order valence-electron chi connectivity index (χ1n) is 7.53. The Labute approximate surface area is 130 Å². The van der Waals surface area contributed by atoms with Crippen LogP contribution < -0.4 is 10.2 Å². The summed E-state index contributed by atoms with van der Waals surface area (Å²) in [5.74, 6) is 0. The van der Waals surface area contributed by atoms with Gasteiger partial charge in [0.05, 0.1) is 11.8 Å². The topological polar surface area (TPSA) is 52.6 Å². The van der Waals surface area contributed by atoms with E-state index in [0.29, 0.717) is 19.5 Å². The van der Waals surface area contributed by atoms with Crippen LogP contribution in [0.25, 0.3) is 0 Å². The zero-order chi connectivity index (χ0) is 15.5. The molecule has 0 saturated carbocycles. The lowest BCUT2D eigenvalue weighted by Gasteiger charge is -2.32. The Hall–Kier alpha value is -2.33. The van der Waals surface area contributed by atoms with E-state index in [-0.39, 0.29) is 6.03 Å². The van der Waals surface area contributed by atoms with Crippen LogP contribution in [-0.2, 0) is 6.54 Å². The fraction of sp³-hybridized carbons (Fsp3) is 0.278. The highest BCUT2D eigenvalue weighted by Crippen LogP contribution is 2.34. The first kappa shape index (κ1) is 14.6. The van der Waals surface area contributed by atoms with Crippen molar-refractivity contribution < 1.29 is 9.90 Å². The highest BCUT2D eigenvalue weighted by molar-refractivity contribution is 5.93. The minimum absolute atomic E-state index is 0.124. The summed E-state index contributed by atoms with van der Waals surface area (Å²) in [7, 11) is 0. The molecule has 0 aromatic heterocycles. The number of urea groups is 1. The van der Waals surface area contributed by atoms with Gasteiger partial charge in [0, 0.05) is 18.7 Å². The second-order valence-electron chi connectivity index (χ2n) is 5.66. The van der Waals surface area contributed by atoms with Gasteiger partial charge in [-0.3, -0.25) is 4.90 Å². The largest absolute Gasteiger partial charge is 0.388 e. The van der Waals surface area contributed by atoms with Gasteiger partial charge in [-0.1, -0.05) is 48.0 Å². The lowest BCUT2D eigenvalue weighted by Crippen LogP contribution is -2.43. The van der Waals surface area contributed by atoms with Crippen LogP contribution in [0.3, 0.4) is 0 Å². The van der Waals surface area contributed by atoms with E-state index < -0.39 is 6.10 Å². The van der Waals surface area contributed by atoms with Crippen molar-refractivity contribution in [1.82, 2.24) is 5.32 Å². The normalized spacial score (nSPS) is 17.0. The second-order valence-corrected chi connectivity index (χ2v) is 5.66. The summed E-state index contributed by atoms with van der Waals surface area (Å²) >= 11 is 0. The van der Waals surface area contributed by atoms with Crippen molar-refractivity contribution in [3.8, 4) is 0 Å². The molecule has 0 spiro atoms. The lowest BCUT2D eigenvalue weighted by molar-refractivity contribution is 0.164. The number of carbonyl (C=O) groups is 1. The zero-order valence-corrected chi connectivity index (χ0v) is 12.6. The smallest absolute Gasteiger partial charge is 0.322 e. The summed E-state index contributed by atoms with van der Waals surface area (Å²) in [6, 6.07) is 15.5. The monoisotopic (exact) mass is 296 g/mol. The number of anilines is 1. The van der Waals surface area contributed by atoms with Gasteiger partial charge in [-0.2, -0.15) is 0 Å². The van der Waals surface area contributed by atoms with Crippen LogP contribution in [0.4, 0.5) is 10.5 Å². The van der Waals surface area contributed by atoms with Gasteiger partial charge in [0.15, 0.2) is 0 Å². The number of benzene rings is 2. The fourth-order valence-corrected chi connectivity index (χ4v) is 2.79. The number of hydrogen-bond acceptors (Lipinski definition) is 2. The highest BCUT2D eigenvalue weighted by Gasteiger charge is 2.27. The maximum absolute atomic E-state index is 12.5. The third-order valence-corrected chi connectivity index (χ3v) is 3.99. The zero-order valence-electron chi connectivity index (χ0n) is 12.6. The third-order valence-electron chi connectivity index (χ3n) is 3.99. The number of rotatable bonds is 2.